The van der Waals surface area contributed by atoms with Gasteiger partial charge in [-0.2, -0.15) is 0 Å². The second kappa shape index (κ2) is 6.23. The lowest BCUT2D eigenvalue weighted by atomic mass is 10.2. The molecule has 1 atom stereocenters. The van der Waals surface area contributed by atoms with Gasteiger partial charge in [-0.3, -0.25) is 9.78 Å². The molecule has 1 amide bonds. The minimum absolute atomic E-state index is 0.189. The van der Waals surface area contributed by atoms with E-state index in [4.69, 9.17) is 0 Å². The number of carbonyl (C=O) groups excluding carboxylic acids is 1. The van der Waals surface area contributed by atoms with Crippen LogP contribution in [0.5, 0.6) is 0 Å². The Morgan fingerprint density at radius 1 is 1.56 bits per heavy atom. The number of pyridine rings is 1. The summed E-state index contributed by atoms with van der Waals surface area (Å²) in [4.78, 5) is 15.6. The molecule has 16 heavy (non-hydrogen) atoms. The largest absolute Gasteiger partial charge is 0.391 e. The molecule has 0 saturated carbocycles. The third kappa shape index (κ3) is 3.98. The fraction of sp³-hybridized carbons (Fsp3) is 0.500. The highest BCUT2D eigenvalue weighted by Gasteiger charge is 2.08. The van der Waals surface area contributed by atoms with E-state index in [2.05, 4.69) is 10.3 Å². The van der Waals surface area contributed by atoms with Crippen LogP contribution in [-0.2, 0) is 0 Å². The normalized spacial score (nSPS) is 12.2. The highest BCUT2D eigenvalue weighted by Crippen LogP contribution is 2.01. The molecule has 0 fully saturated rings. The molecule has 0 aromatic carbocycles. The van der Waals surface area contributed by atoms with Crippen LogP contribution in [0.3, 0.4) is 0 Å². The summed E-state index contributed by atoms with van der Waals surface area (Å²) in [5.41, 5.74) is 1.48. The third-order valence-corrected chi connectivity index (χ3v) is 2.26. The SMILES string of the molecule is CCCC(O)CNC(=O)c1cncc(C)c1. The minimum Gasteiger partial charge on any atom is -0.391 e. The number of hydrogen-bond acceptors (Lipinski definition) is 3. The van der Waals surface area contributed by atoms with Gasteiger partial charge in [0.05, 0.1) is 11.7 Å². The Morgan fingerprint density at radius 3 is 2.94 bits per heavy atom. The number of carbonyl (C=O) groups is 1. The molecular weight excluding hydrogens is 204 g/mol. The number of aromatic nitrogens is 1. The summed E-state index contributed by atoms with van der Waals surface area (Å²) in [6.07, 6.45) is 4.36. The van der Waals surface area contributed by atoms with E-state index in [0.717, 1.165) is 12.0 Å². The van der Waals surface area contributed by atoms with Crippen molar-refractivity contribution in [1.82, 2.24) is 10.3 Å². The smallest absolute Gasteiger partial charge is 0.252 e. The van der Waals surface area contributed by atoms with Crippen molar-refractivity contribution in [2.24, 2.45) is 0 Å². The topological polar surface area (TPSA) is 62.2 Å². The molecule has 2 N–H and O–H groups in total. The number of amides is 1. The average Bonchev–Trinajstić information content (AvgIpc) is 2.26. The summed E-state index contributed by atoms with van der Waals surface area (Å²) in [7, 11) is 0. The Morgan fingerprint density at radius 2 is 2.31 bits per heavy atom. The van der Waals surface area contributed by atoms with Crippen LogP contribution in [-0.4, -0.2) is 28.6 Å². The number of aryl methyl sites for hydroxylation is 1. The molecule has 1 rings (SSSR count). The van der Waals surface area contributed by atoms with Crippen LogP contribution in [0, 0.1) is 6.92 Å². The second-order valence-corrected chi connectivity index (χ2v) is 3.90. The van der Waals surface area contributed by atoms with E-state index in [1.165, 1.54) is 6.20 Å². The number of nitrogens with zero attached hydrogens (tertiary/aromatic N) is 1. The fourth-order valence-corrected chi connectivity index (χ4v) is 1.43. The van der Waals surface area contributed by atoms with Crippen molar-refractivity contribution in [3.8, 4) is 0 Å². The zero-order chi connectivity index (χ0) is 12.0. The molecule has 0 aliphatic heterocycles. The molecule has 1 heterocycles. The first kappa shape index (κ1) is 12.6. The molecule has 1 aromatic heterocycles. The highest BCUT2D eigenvalue weighted by atomic mass is 16.3. The molecule has 1 aromatic rings. The Balaban J connectivity index is 2.47. The quantitative estimate of drug-likeness (QED) is 0.789. The zero-order valence-corrected chi connectivity index (χ0v) is 9.73. The molecule has 1 unspecified atom stereocenters. The van der Waals surface area contributed by atoms with Crippen LogP contribution in [0.4, 0.5) is 0 Å². The van der Waals surface area contributed by atoms with E-state index in [1.807, 2.05) is 13.8 Å². The first-order valence-electron chi connectivity index (χ1n) is 5.51. The van der Waals surface area contributed by atoms with Crippen molar-refractivity contribution < 1.29 is 9.90 Å². The predicted octanol–water partition coefficient (Wildman–Crippen LogP) is 1.28. The maximum Gasteiger partial charge on any atom is 0.252 e. The summed E-state index contributed by atoms with van der Waals surface area (Å²) in [6.45, 7) is 4.17. The maximum absolute atomic E-state index is 11.6. The molecule has 0 aliphatic rings. The van der Waals surface area contributed by atoms with Gasteiger partial charge >= 0.3 is 0 Å². The van der Waals surface area contributed by atoms with Gasteiger partial charge in [0.2, 0.25) is 0 Å². The van der Waals surface area contributed by atoms with Gasteiger partial charge in [-0.05, 0) is 25.0 Å². The monoisotopic (exact) mass is 222 g/mol. The molecular formula is C12H18N2O2. The van der Waals surface area contributed by atoms with Gasteiger partial charge in [-0.15, -0.1) is 0 Å². The average molecular weight is 222 g/mol. The van der Waals surface area contributed by atoms with Crippen LogP contribution in [0.2, 0.25) is 0 Å². The second-order valence-electron chi connectivity index (χ2n) is 3.90. The fourth-order valence-electron chi connectivity index (χ4n) is 1.43. The summed E-state index contributed by atoms with van der Waals surface area (Å²) in [5.74, 6) is -0.189. The van der Waals surface area contributed by atoms with E-state index in [9.17, 15) is 9.90 Å². The predicted molar refractivity (Wildman–Crippen MR) is 62.2 cm³/mol. The Bertz CT molecular complexity index is 353. The molecule has 4 nitrogen and oxygen atoms in total. The molecule has 0 saturated heterocycles. The number of hydrogen-bond donors (Lipinski definition) is 2. The first-order valence-corrected chi connectivity index (χ1v) is 5.51. The molecule has 4 heteroatoms. The van der Waals surface area contributed by atoms with Crippen molar-refractivity contribution >= 4 is 5.91 Å². The third-order valence-electron chi connectivity index (χ3n) is 2.26. The van der Waals surface area contributed by atoms with Crippen LogP contribution < -0.4 is 5.32 Å². The zero-order valence-electron chi connectivity index (χ0n) is 9.73. The van der Waals surface area contributed by atoms with Crippen LogP contribution >= 0.6 is 0 Å². The molecule has 0 radical (unpaired) electrons. The summed E-state index contributed by atoms with van der Waals surface area (Å²) >= 11 is 0. The number of aliphatic hydroxyl groups excluding tert-OH is 1. The molecule has 88 valence electrons. The summed E-state index contributed by atoms with van der Waals surface area (Å²) < 4.78 is 0. The highest BCUT2D eigenvalue weighted by molar-refractivity contribution is 5.93. The number of nitrogens with one attached hydrogen (secondary N) is 1. The van der Waals surface area contributed by atoms with E-state index in [1.54, 1.807) is 12.3 Å². The van der Waals surface area contributed by atoms with Crippen LogP contribution in [0.15, 0.2) is 18.5 Å². The van der Waals surface area contributed by atoms with Crippen LogP contribution in [0.25, 0.3) is 0 Å². The summed E-state index contributed by atoms with van der Waals surface area (Å²) in [6, 6.07) is 1.77. The lowest BCUT2D eigenvalue weighted by Crippen LogP contribution is -2.32. The van der Waals surface area contributed by atoms with E-state index >= 15 is 0 Å². The van der Waals surface area contributed by atoms with Gasteiger partial charge in [0.15, 0.2) is 0 Å². The van der Waals surface area contributed by atoms with Crippen LogP contribution in [0.1, 0.15) is 35.7 Å². The Labute approximate surface area is 95.7 Å². The molecule has 0 bridgehead atoms. The van der Waals surface area contributed by atoms with Gasteiger partial charge in [-0.1, -0.05) is 13.3 Å². The van der Waals surface area contributed by atoms with Gasteiger partial charge in [0, 0.05) is 18.9 Å². The lowest BCUT2D eigenvalue weighted by molar-refractivity contribution is 0.0909. The van der Waals surface area contributed by atoms with E-state index in [0.29, 0.717) is 18.5 Å². The number of rotatable bonds is 5. The molecule has 0 spiro atoms. The lowest BCUT2D eigenvalue weighted by Gasteiger charge is -2.10. The van der Waals surface area contributed by atoms with Crippen molar-refractivity contribution in [2.75, 3.05) is 6.54 Å². The van der Waals surface area contributed by atoms with Gasteiger partial charge in [-0.25, -0.2) is 0 Å². The summed E-state index contributed by atoms with van der Waals surface area (Å²) in [5, 5.41) is 12.2. The molecule has 0 aliphatic carbocycles. The van der Waals surface area contributed by atoms with Gasteiger partial charge in [0.25, 0.3) is 5.91 Å². The van der Waals surface area contributed by atoms with E-state index in [-0.39, 0.29) is 5.91 Å². The first-order chi connectivity index (χ1) is 7.63. The van der Waals surface area contributed by atoms with Crippen molar-refractivity contribution in [3.63, 3.8) is 0 Å². The van der Waals surface area contributed by atoms with Gasteiger partial charge < -0.3 is 10.4 Å². The number of aliphatic hydroxyl groups is 1. The maximum atomic E-state index is 11.6. The van der Waals surface area contributed by atoms with Gasteiger partial charge in [0.1, 0.15) is 0 Å². The Hall–Kier alpha value is -1.42. The van der Waals surface area contributed by atoms with Crippen molar-refractivity contribution in [1.29, 1.82) is 0 Å². The van der Waals surface area contributed by atoms with Crippen molar-refractivity contribution in [2.45, 2.75) is 32.8 Å². The van der Waals surface area contributed by atoms with Crippen molar-refractivity contribution in [3.05, 3.63) is 29.6 Å². The van der Waals surface area contributed by atoms with E-state index < -0.39 is 6.10 Å². The minimum atomic E-state index is -0.466. The Kier molecular flexibility index (Phi) is 4.92. The standard InChI is InChI=1S/C12H18N2O2/c1-3-4-11(15)8-14-12(16)10-5-9(2)6-13-7-10/h5-7,11,15H,3-4,8H2,1-2H3,(H,14,16).